The minimum absolute atomic E-state index is 0.151. The van der Waals surface area contributed by atoms with Crippen LogP contribution in [0.2, 0.25) is 0 Å². The molecule has 8 nitrogen and oxygen atoms in total. The molecule has 0 bridgehead atoms. The van der Waals surface area contributed by atoms with Gasteiger partial charge in [0.05, 0.1) is 13.2 Å². The van der Waals surface area contributed by atoms with E-state index in [1.54, 1.807) is 0 Å². The second kappa shape index (κ2) is 6.14. The average molecular weight is 284 g/mol. The Kier molecular flexibility index (Phi) is 4.50. The van der Waals surface area contributed by atoms with Crippen molar-refractivity contribution in [2.24, 2.45) is 0 Å². The van der Waals surface area contributed by atoms with Crippen LogP contribution in [0.1, 0.15) is 6.23 Å². The molecule has 1 aromatic rings. The molecule has 2 rings (SSSR count). The number of aliphatic hydroxyl groups excluding tert-OH is 2. The molecule has 0 radical (unpaired) electrons. The molecule has 110 valence electrons. The number of hydrogen-bond donors (Lipinski definition) is 3. The van der Waals surface area contributed by atoms with E-state index in [4.69, 9.17) is 14.6 Å². The van der Waals surface area contributed by atoms with Crippen molar-refractivity contribution in [1.82, 2.24) is 9.55 Å². The first kappa shape index (κ1) is 14.7. The summed E-state index contributed by atoms with van der Waals surface area (Å²) in [5.41, 5.74) is -1.22. The van der Waals surface area contributed by atoms with Gasteiger partial charge in [0, 0.05) is 12.3 Å². The third-order valence-electron chi connectivity index (χ3n) is 3.02. The maximum atomic E-state index is 11.8. The Labute approximate surface area is 113 Å². The van der Waals surface area contributed by atoms with E-state index in [0.717, 1.165) is 10.6 Å². The number of aromatic amines is 1. The molecule has 0 aliphatic carbocycles. The molecule has 1 saturated heterocycles. The van der Waals surface area contributed by atoms with Crippen LogP contribution < -0.4 is 11.2 Å². The summed E-state index contributed by atoms with van der Waals surface area (Å²) in [5.74, 6) is 0. The number of nitrogens with one attached hydrogen (secondary N) is 1. The highest BCUT2D eigenvalue weighted by Gasteiger charge is 2.45. The molecule has 1 aliphatic heterocycles. The summed E-state index contributed by atoms with van der Waals surface area (Å²) >= 11 is 0. The standard InChI is InChI=1S/C12H16N2O6/c1-2-5-19-10-9(17)7(6-15)20-11(10)14-4-3-8(16)13-12(14)18/h2-4,7,9-11,15,17H,1,5-6H2,(H,13,16,18)/t7-,9+,10-,11-/m1/s1. The molecule has 0 unspecified atom stereocenters. The maximum Gasteiger partial charge on any atom is 0.330 e. The van der Waals surface area contributed by atoms with Crippen LogP contribution in [0.25, 0.3) is 0 Å². The quantitative estimate of drug-likeness (QED) is 0.559. The van der Waals surface area contributed by atoms with Gasteiger partial charge in [0.25, 0.3) is 5.56 Å². The van der Waals surface area contributed by atoms with Gasteiger partial charge in [0.2, 0.25) is 0 Å². The van der Waals surface area contributed by atoms with Crippen molar-refractivity contribution in [2.45, 2.75) is 24.5 Å². The third-order valence-corrected chi connectivity index (χ3v) is 3.02. The number of H-pyrrole nitrogens is 1. The molecular formula is C12H16N2O6. The van der Waals surface area contributed by atoms with Crippen molar-refractivity contribution in [1.29, 1.82) is 0 Å². The first-order valence-electron chi connectivity index (χ1n) is 6.07. The summed E-state index contributed by atoms with van der Waals surface area (Å²) in [6.07, 6.45) is -1.01. The lowest BCUT2D eigenvalue weighted by molar-refractivity contribution is -0.0686. The summed E-state index contributed by atoms with van der Waals surface area (Å²) in [4.78, 5) is 24.9. The van der Waals surface area contributed by atoms with Crippen LogP contribution in [0.4, 0.5) is 0 Å². The number of ether oxygens (including phenoxy) is 2. The zero-order valence-electron chi connectivity index (χ0n) is 10.6. The van der Waals surface area contributed by atoms with Crippen LogP contribution in [0.5, 0.6) is 0 Å². The molecule has 1 aliphatic rings. The molecule has 1 fully saturated rings. The van der Waals surface area contributed by atoms with Gasteiger partial charge in [-0.15, -0.1) is 6.58 Å². The van der Waals surface area contributed by atoms with Crippen molar-refractivity contribution in [3.05, 3.63) is 45.8 Å². The SMILES string of the molecule is C=CCO[C@@H]1[C@@H](O)[C@@H](CO)O[C@H]1n1ccc(=O)[nH]c1=O. The van der Waals surface area contributed by atoms with Crippen LogP contribution in [0.15, 0.2) is 34.5 Å². The van der Waals surface area contributed by atoms with Crippen molar-refractivity contribution in [3.63, 3.8) is 0 Å². The van der Waals surface area contributed by atoms with Crippen LogP contribution in [0.3, 0.4) is 0 Å². The smallest absolute Gasteiger partial charge is 0.330 e. The van der Waals surface area contributed by atoms with E-state index in [9.17, 15) is 14.7 Å². The highest BCUT2D eigenvalue weighted by molar-refractivity contribution is 4.94. The predicted molar refractivity (Wildman–Crippen MR) is 68.3 cm³/mol. The number of rotatable bonds is 5. The van der Waals surface area contributed by atoms with E-state index in [1.807, 2.05) is 0 Å². The molecular weight excluding hydrogens is 268 g/mol. The summed E-state index contributed by atoms with van der Waals surface area (Å²) in [6.45, 7) is 3.24. The van der Waals surface area contributed by atoms with Gasteiger partial charge in [0.15, 0.2) is 6.23 Å². The monoisotopic (exact) mass is 284 g/mol. The van der Waals surface area contributed by atoms with Gasteiger partial charge in [-0.3, -0.25) is 14.3 Å². The highest BCUT2D eigenvalue weighted by atomic mass is 16.6. The lowest BCUT2D eigenvalue weighted by Gasteiger charge is -2.21. The van der Waals surface area contributed by atoms with Crippen LogP contribution in [-0.4, -0.2) is 51.3 Å². The van der Waals surface area contributed by atoms with Crippen molar-refractivity contribution in [2.75, 3.05) is 13.2 Å². The fraction of sp³-hybridized carbons (Fsp3) is 0.500. The molecule has 1 aromatic heterocycles. The van der Waals surface area contributed by atoms with Crippen LogP contribution >= 0.6 is 0 Å². The average Bonchev–Trinajstić information content (AvgIpc) is 2.73. The van der Waals surface area contributed by atoms with Gasteiger partial charge in [0.1, 0.15) is 18.3 Å². The lowest BCUT2D eigenvalue weighted by atomic mass is 10.1. The Bertz CT molecular complexity index is 580. The third kappa shape index (κ3) is 2.73. The van der Waals surface area contributed by atoms with Gasteiger partial charge in [-0.25, -0.2) is 4.79 Å². The number of hydrogen-bond acceptors (Lipinski definition) is 6. The first-order valence-corrected chi connectivity index (χ1v) is 6.07. The number of aromatic nitrogens is 2. The highest BCUT2D eigenvalue weighted by Crippen LogP contribution is 2.30. The van der Waals surface area contributed by atoms with E-state index in [1.165, 1.54) is 12.3 Å². The van der Waals surface area contributed by atoms with E-state index < -0.39 is 42.4 Å². The lowest BCUT2D eigenvalue weighted by Crippen LogP contribution is -2.39. The minimum atomic E-state index is -1.09. The second-order valence-corrected chi connectivity index (χ2v) is 4.34. The summed E-state index contributed by atoms with van der Waals surface area (Å²) in [5, 5.41) is 19.2. The van der Waals surface area contributed by atoms with E-state index in [0.29, 0.717) is 0 Å². The van der Waals surface area contributed by atoms with E-state index >= 15 is 0 Å². The molecule has 8 heteroatoms. The number of nitrogens with zero attached hydrogens (tertiary/aromatic N) is 1. The van der Waals surface area contributed by atoms with Crippen molar-refractivity contribution >= 4 is 0 Å². The van der Waals surface area contributed by atoms with Gasteiger partial charge in [-0.05, 0) is 0 Å². The Morgan fingerprint density at radius 3 is 2.90 bits per heavy atom. The molecule has 0 aromatic carbocycles. The predicted octanol–water partition coefficient (Wildman–Crippen LogP) is -1.64. The van der Waals surface area contributed by atoms with E-state index in [-0.39, 0.29) is 6.61 Å². The molecule has 20 heavy (non-hydrogen) atoms. The number of aliphatic hydroxyl groups is 2. The summed E-state index contributed by atoms with van der Waals surface area (Å²) in [6, 6.07) is 1.16. The Balaban J connectivity index is 2.33. The molecule has 0 saturated carbocycles. The van der Waals surface area contributed by atoms with Gasteiger partial charge < -0.3 is 19.7 Å². The molecule has 0 spiro atoms. The van der Waals surface area contributed by atoms with Gasteiger partial charge >= 0.3 is 5.69 Å². The Morgan fingerprint density at radius 2 is 2.30 bits per heavy atom. The molecule has 3 N–H and O–H groups in total. The van der Waals surface area contributed by atoms with Gasteiger partial charge in [-0.1, -0.05) is 6.08 Å². The fourth-order valence-electron chi connectivity index (χ4n) is 2.08. The van der Waals surface area contributed by atoms with Crippen LogP contribution in [-0.2, 0) is 9.47 Å². The van der Waals surface area contributed by atoms with Gasteiger partial charge in [-0.2, -0.15) is 0 Å². The Hall–Kier alpha value is -1.74. The summed E-state index contributed by atoms with van der Waals surface area (Å²) in [7, 11) is 0. The van der Waals surface area contributed by atoms with Crippen molar-refractivity contribution in [3.8, 4) is 0 Å². The zero-order valence-corrected chi connectivity index (χ0v) is 10.6. The maximum absolute atomic E-state index is 11.8. The molecule has 4 atom stereocenters. The van der Waals surface area contributed by atoms with Crippen LogP contribution in [0, 0.1) is 0 Å². The van der Waals surface area contributed by atoms with E-state index in [2.05, 4.69) is 11.6 Å². The first-order chi connectivity index (χ1) is 9.58. The Morgan fingerprint density at radius 1 is 1.55 bits per heavy atom. The zero-order chi connectivity index (χ0) is 14.7. The second-order valence-electron chi connectivity index (χ2n) is 4.34. The molecule has 2 heterocycles. The summed E-state index contributed by atoms with van der Waals surface area (Å²) < 4.78 is 11.9. The minimum Gasteiger partial charge on any atom is -0.394 e. The normalized spacial score (nSPS) is 29.5. The largest absolute Gasteiger partial charge is 0.394 e. The molecule has 0 amide bonds. The topological polar surface area (TPSA) is 114 Å². The van der Waals surface area contributed by atoms with Crippen molar-refractivity contribution < 1.29 is 19.7 Å². The fourth-order valence-corrected chi connectivity index (χ4v) is 2.08.